The number of alkyl halides is 3. The molecule has 0 saturated carbocycles. The molecule has 1 aromatic heterocycles. The fourth-order valence-corrected chi connectivity index (χ4v) is 2.50. The van der Waals surface area contributed by atoms with Gasteiger partial charge in [0.2, 0.25) is 0 Å². The number of rotatable bonds is 3. The number of nitrogens with zero attached hydrogens (tertiary/aromatic N) is 2. The van der Waals surface area contributed by atoms with E-state index in [0.717, 1.165) is 13.2 Å². The van der Waals surface area contributed by atoms with Gasteiger partial charge < -0.3 is 9.84 Å². The van der Waals surface area contributed by atoms with Crippen molar-refractivity contribution in [2.24, 2.45) is 7.05 Å². The largest absolute Gasteiger partial charge is 0.495 e. The smallest absolute Gasteiger partial charge is 0.420 e. The third-order valence-electron chi connectivity index (χ3n) is 2.94. The Kier molecular flexibility index (Phi) is 4.19. The van der Waals surface area contributed by atoms with Crippen LogP contribution in [0.4, 0.5) is 13.2 Å². The molecule has 0 fully saturated rings. The van der Waals surface area contributed by atoms with E-state index in [0.29, 0.717) is 0 Å². The number of hydrogen-bond donors (Lipinski definition) is 1. The molecule has 1 N–H and O–H groups in total. The van der Waals surface area contributed by atoms with Crippen molar-refractivity contribution in [2.45, 2.75) is 6.18 Å². The summed E-state index contributed by atoms with van der Waals surface area (Å²) in [4.78, 5) is 10.9. The van der Waals surface area contributed by atoms with Crippen molar-refractivity contribution in [3.63, 3.8) is 0 Å². The number of hydrogen-bond acceptors (Lipinski definition) is 3. The average Bonchev–Trinajstić information content (AvgIpc) is 2.79. The van der Waals surface area contributed by atoms with Gasteiger partial charge in [0, 0.05) is 17.1 Å². The fraction of sp³-hybridized carbons (Fsp3) is 0.231. The van der Waals surface area contributed by atoms with E-state index in [9.17, 15) is 18.0 Å². The molecule has 1 heterocycles. The second-order valence-corrected chi connectivity index (χ2v) is 5.29. The standard InChI is InChI=1S/C13H10BrF3N2O3/c1-19-10(5-9(18-19)12(20)21)7-3-6(14)4-8(11(7)22-2)13(15,16)17/h3-5H,1-2H3,(H,20,21). The molecule has 0 amide bonds. The van der Waals surface area contributed by atoms with Crippen LogP contribution >= 0.6 is 15.9 Å². The lowest BCUT2D eigenvalue weighted by Crippen LogP contribution is -2.09. The Morgan fingerprint density at radius 2 is 2.00 bits per heavy atom. The van der Waals surface area contributed by atoms with Gasteiger partial charge in [0.05, 0.1) is 18.4 Å². The van der Waals surface area contributed by atoms with Crippen molar-refractivity contribution >= 4 is 21.9 Å². The molecule has 0 saturated heterocycles. The van der Waals surface area contributed by atoms with E-state index in [2.05, 4.69) is 21.0 Å². The van der Waals surface area contributed by atoms with E-state index in [1.807, 2.05) is 0 Å². The third kappa shape index (κ3) is 2.94. The number of carboxylic acids is 1. The van der Waals surface area contributed by atoms with Crippen LogP contribution in [0.1, 0.15) is 16.1 Å². The molecule has 0 aliphatic rings. The van der Waals surface area contributed by atoms with Gasteiger partial charge in [0.25, 0.3) is 0 Å². The van der Waals surface area contributed by atoms with Crippen LogP contribution in [0.3, 0.4) is 0 Å². The van der Waals surface area contributed by atoms with Gasteiger partial charge in [-0.05, 0) is 18.2 Å². The molecular weight excluding hydrogens is 369 g/mol. The number of aromatic carboxylic acids is 1. The summed E-state index contributed by atoms with van der Waals surface area (Å²) < 4.78 is 45.7. The van der Waals surface area contributed by atoms with Gasteiger partial charge in [-0.15, -0.1) is 0 Å². The molecule has 0 atom stereocenters. The Morgan fingerprint density at radius 3 is 2.45 bits per heavy atom. The first kappa shape index (κ1) is 16.3. The summed E-state index contributed by atoms with van der Waals surface area (Å²) >= 11 is 3.02. The predicted molar refractivity (Wildman–Crippen MR) is 74.9 cm³/mol. The summed E-state index contributed by atoms with van der Waals surface area (Å²) in [6, 6.07) is 3.50. The van der Waals surface area contributed by atoms with Crippen molar-refractivity contribution in [1.82, 2.24) is 9.78 Å². The number of methoxy groups -OCH3 is 1. The zero-order valence-corrected chi connectivity index (χ0v) is 13.0. The summed E-state index contributed by atoms with van der Waals surface area (Å²) in [5.41, 5.74) is -0.946. The molecule has 2 rings (SSSR count). The summed E-state index contributed by atoms with van der Waals surface area (Å²) in [6.07, 6.45) is -4.61. The third-order valence-corrected chi connectivity index (χ3v) is 3.40. The highest BCUT2D eigenvalue weighted by atomic mass is 79.9. The van der Waals surface area contributed by atoms with Crippen molar-refractivity contribution in [3.05, 3.63) is 33.9 Å². The summed E-state index contributed by atoms with van der Waals surface area (Å²) in [7, 11) is 2.56. The molecule has 1 aromatic carbocycles. The first-order valence-corrected chi connectivity index (χ1v) is 6.67. The molecule has 0 unspecified atom stereocenters. The molecule has 0 bridgehead atoms. The number of aromatic nitrogens is 2. The molecule has 22 heavy (non-hydrogen) atoms. The van der Waals surface area contributed by atoms with E-state index in [4.69, 9.17) is 9.84 Å². The number of halogens is 4. The maximum atomic E-state index is 13.1. The van der Waals surface area contributed by atoms with Crippen molar-refractivity contribution in [3.8, 4) is 17.0 Å². The van der Waals surface area contributed by atoms with Gasteiger partial charge in [0.1, 0.15) is 5.75 Å². The van der Waals surface area contributed by atoms with Gasteiger partial charge in [-0.25, -0.2) is 4.79 Å². The highest BCUT2D eigenvalue weighted by Crippen LogP contribution is 2.43. The molecule has 5 nitrogen and oxygen atoms in total. The number of ether oxygens (including phenoxy) is 1. The molecular formula is C13H10BrF3N2O3. The highest BCUT2D eigenvalue weighted by molar-refractivity contribution is 9.10. The van der Waals surface area contributed by atoms with E-state index < -0.39 is 23.5 Å². The Labute approximate surface area is 131 Å². The zero-order valence-electron chi connectivity index (χ0n) is 11.4. The first-order chi connectivity index (χ1) is 10.1. The SMILES string of the molecule is COc1c(-c2cc(C(=O)O)nn2C)cc(Br)cc1C(F)(F)F. The number of carboxylic acid groups (broad SMARTS) is 1. The van der Waals surface area contributed by atoms with Crippen molar-refractivity contribution in [1.29, 1.82) is 0 Å². The second-order valence-electron chi connectivity index (χ2n) is 4.38. The molecule has 2 aromatic rings. The van der Waals surface area contributed by atoms with Gasteiger partial charge in [-0.1, -0.05) is 15.9 Å². The van der Waals surface area contributed by atoms with Gasteiger partial charge in [0.15, 0.2) is 5.69 Å². The van der Waals surface area contributed by atoms with Gasteiger partial charge in [-0.3, -0.25) is 4.68 Å². The summed E-state index contributed by atoms with van der Waals surface area (Å²) in [5, 5.41) is 12.7. The van der Waals surface area contributed by atoms with Crippen LogP contribution in [0.25, 0.3) is 11.3 Å². The second kappa shape index (κ2) is 5.64. The van der Waals surface area contributed by atoms with Crippen LogP contribution in [0.15, 0.2) is 22.7 Å². The molecule has 0 radical (unpaired) electrons. The zero-order chi connectivity index (χ0) is 16.7. The van der Waals surface area contributed by atoms with E-state index in [-0.39, 0.29) is 21.4 Å². The molecule has 9 heteroatoms. The lowest BCUT2D eigenvalue weighted by molar-refractivity contribution is -0.138. The molecule has 0 aliphatic heterocycles. The maximum Gasteiger partial charge on any atom is 0.420 e. The minimum atomic E-state index is -4.61. The van der Waals surface area contributed by atoms with Gasteiger partial charge >= 0.3 is 12.1 Å². The monoisotopic (exact) mass is 378 g/mol. The van der Waals surface area contributed by atoms with Gasteiger partial charge in [-0.2, -0.15) is 18.3 Å². The van der Waals surface area contributed by atoms with Crippen LogP contribution in [-0.4, -0.2) is 28.0 Å². The van der Waals surface area contributed by atoms with E-state index in [1.54, 1.807) is 0 Å². The van der Waals surface area contributed by atoms with E-state index >= 15 is 0 Å². The highest BCUT2D eigenvalue weighted by Gasteiger charge is 2.36. The van der Waals surface area contributed by atoms with Crippen LogP contribution < -0.4 is 4.74 Å². The quantitative estimate of drug-likeness (QED) is 0.886. The number of aryl methyl sites for hydroxylation is 1. The number of carbonyl (C=O) groups is 1. The maximum absolute atomic E-state index is 13.1. The fourth-order valence-electron chi connectivity index (χ4n) is 2.04. The van der Waals surface area contributed by atoms with Crippen LogP contribution in [0.2, 0.25) is 0 Å². The normalized spacial score (nSPS) is 11.5. The van der Waals surface area contributed by atoms with Crippen LogP contribution in [0.5, 0.6) is 5.75 Å². The minimum absolute atomic E-state index is 0.0895. The predicted octanol–water partition coefficient (Wildman–Crippen LogP) is 3.58. The Balaban J connectivity index is 2.75. The molecule has 118 valence electrons. The lowest BCUT2D eigenvalue weighted by Gasteiger charge is -2.16. The Hall–Kier alpha value is -2.03. The summed E-state index contributed by atoms with van der Waals surface area (Å²) in [6.45, 7) is 0. The molecule has 0 spiro atoms. The Bertz CT molecular complexity index is 741. The lowest BCUT2D eigenvalue weighted by atomic mass is 10.0. The van der Waals surface area contributed by atoms with Crippen LogP contribution in [-0.2, 0) is 13.2 Å². The Morgan fingerprint density at radius 1 is 1.36 bits per heavy atom. The van der Waals surface area contributed by atoms with Crippen molar-refractivity contribution < 1.29 is 27.8 Å². The van der Waals surface area contributed by atoms with Crippen molar-refractivity contribution in [2.75, 3.05) is 7.11 Å². The van der Waals surface area contributed by atoms with E-state index in [1.165, 1.54) is 23.9 Å². The first-order valence-electron chi connectivity index (χ1n) is 5.87. The minimum Gasteiger partial charge on any atom is -0.495 e. The topological polar surface area (TPSA) is 64.3 Å². The van der Waals surface area contributed by atoms with Crippen LogP contribution in [0, 0.1) is 0 Å². The number of benzene rings is 1. The average molecular weight is 379 g/mol. The summed E-state index contributed by atoms with van der Waals surface area (Å²) in [5.74, 6) is -1.66. The molecule has 0 aliphatic carbocycles.